The van der Waals surface area contributed by atoms with Gasteiger partial charge in [-0.3, -0.25) is 0 Å². The smallest absolute Gasteiger partial charge is 0.152 e. The van der Waals surface area contributed by atoms with E-state index in [2.05, 4.69) is 18.8 Å². The van der Waals surface area contributed by atoms with Gasteiger partial charge in [-0.2, -0.15) is 5.26 Å². The third-order valence-corrected chi connectivity index (χ3v) is 1.62. The summed E-state index contributed by atoms with van der Waals surface area (Å²) in [6.07, 6.45) is 1.03. The largest absolute Gasteiger partial charge is 0.183 e. The summed E-state index contributed by atoms with van der Waals surface area (Å²) in [5.41, 5.74) is 2.19. The van der Waals surface area contributed by atoms with E-state index in [1.54, 1.807) is 6.07 Å². The van der Waals surface area contributed by atoms with E-state index in [4.69, 9.17) is 5.26 Å². The number of benzene rings is 1. The molecule has 0 unspecified atom stereocenters. The topological polar surface area (TPSA) is 23.8 Å². The molecule has 0 amide bonds. The van der Waals surface area contributed by atoms with Crippen molar-refractivity contribution in [2.45, 2.75) is 13.3 Å². The molecule has 0 aromatic heterocycles. The first kappa shape index (κ1) is 8.37. The maximum absolute atomic E-state index is 8.20. The Morgan fingerprint density at radius 2 is 1.92 bits per heavy atom. The lowest BCUT2D eigenvalue weighted by Gasteiger charge is -1.94. The molecule has 0 aliphatic carbocycles. The van der Waals surface area contributed by atoms with Crippen LogP contribution in [0.3, 0.4) is 0 Å². The monoisotopic (exact) mass is 155 g/mol. The molecule has 1 rings (SSSR count). The van der Waals surface area contributed by atoms with Crippen LogP contribution in [0.1, 0.15) is 18.1 Å². The molecule has 0 N–H and O–H groups in total. The van der Waals surface area contributed by atoms with Crippen molar-refractivity contribution in [1.29, 1.82) is 5.26 Å². The third-order valence-electron chi connectivity index (χ3n) is 1.62. The van der Waals surface area contributed by atoms with E-state index < -0.39 is 0 Å². The minimum Gasteiger partial charge on any atom is -0.183 e. The van der Waals surface area contributed by atoms with Crippen LogP contribution in [0.15, 0.2) is 24.3 Å². The molecule has 0 fully saturated rings. The van der Waals surface area contributed by atoms with Gasteiger partial charge in [0.25, 0.3) is 0 Å². The molecular formula is C11H9N. The van der Waals surface area contributed by atoms with Crippen molar-refractivity contribution in [3.05, 3.63) is 35.4 Å². The number of hydrogen-bond acceptors (Lipinski definition) is 1. The summed E-state index contributed by atoms with van der Waals surface area (Å²) >= 11 is 0. The highest BCUT2D eigenvalue weighted by Crippen LogP contribution is 2.03. The van der Waals surface area contributed by atoms with Gasteiger partial charge in [0.05, 0.1) is 0 Å². The van der Waals surface area contributed by atoms with Crippen LogP contribution in [-0.4, -0.2) is 0 Å². The number of aryl methyl sites for hydroxylation is 1. The fraction of sp³-hybridized carbons (Fsp3) is 0.182. The summed E-state index contributed by atoms with van der Waals surface area (Å²) in [5, 5.41) is 8.20. The summed E-state index contributed by atoms with van der Waals surface area (Å²) in [4.78, 5) is 0. The van der Waals surface area contributed by atoms with Gasteiger partial charge in [-0.25, -0.2) is 0 Å². The molecule has 0 atom stereocenters. The SMILES string of the molecule is CCc1ccc(C#CC#N)cc1. The molecule has 0 saturated carbocycles. The Morgan fingerprint density at radius 3 is 2.42 bits per heavy atom. The van der Waals surface area contributed by atoms with Gasteiger partial charge in [-0.1, -0.05) is 25.0 Å². The van der Waals surface area contributed by atoms with Crippen LogP contribution in [0.4, 0.5) is 0 Å². The average molecular weight is 155 g/mol. The van der Waals surface area contributed by atoms with Crippen molar-refractivity contribution in [3.8, 4) is 17.9 Å². The zero-order valence-electron chi connectivity index (χ0n) is 6.96. The Bertz CT molecular complexity index is 343. The molecule has 0 aliphatic rings. The standard InChI is InChI=1S/C11H9N/c1-2-10-5-7-11(8-6-10)4-3-9-12/h5-8H,2H2,1H3. The maximum Gasteiger partial charge on any atom is 0.152 e. The highest BCUT2D eigenvalue weighted by molar-refractivity contribution is 5.38. The van der Waals surface area contributed by atoms with Crippen molar-refractivity contribution in [2.75, 3.05) is 0 Å². The van der Waals surface area contributed by atoms with E-state index in [0.717, 1.165) is 12.0 Å². The van der Waals surface area contributed by atoms with Crippen LogP contribution in [-0.2, 0) is 6.42 Å². The summed E-state index contributed by atoms with van der Waals surface area (Å²) in [5.74, 6) is 5.09. The average Bonchev–Trinajstić information content (AvgIpc) is 2.15. The molecule has 0 aliphatic heterocycles. The van der Waals surface area contributed by atoms with Gasteiger partial charge in [-0.05, 0) is 24.1 Å². The maximum atomic E-state index is 8.20. The van der Waals surface area contributed by atoms with Gasteiger partial charge >= 0.3 is 0 Å². The van der Waals surface area contributed by atoms with E-state index >= 15 is 0 Å². The molecular weight excluding hydrogens is 146 g/mol. The van der Waals surface area contributed by atoms with Crippen LogP contribution in [0.5, 0.6) is 0 Å². The first-order chi connectivity index (χ1) is 5.86. The molecule has 12 heavy (non-hydrogen) atoms. The van der Waals surface area contributed by atoms with Crippen molar-refractivity contribution < 1.29 is 0 Å². The van der Waals surface area contributed by atoms with Crippen molar-refractivity contribution in [2.24, 2.45) is 0 Å². The lowest BCUT2D eigenvalue weighted by Crippen LogP contribution is -1.79. The minimum atomic E-state index is 0.897. The van der Waals surface area contributed by atoms with E-state index in [1.807, 2.05) is 24.3 Å². The predicted octanol–water partition coefficient (Wildman–Crippen LogP) is 2.12. The molecule has 0 heterocycles. The normalized spacial score (nSPS) is 8.00. The molecule has 58 valence electrons. The van der Waals surface area contributed by atoms with Crippen LogP contribution < -0.4 is 0 Å². The molecule has 0 saturated heterocycles. The molecule has 1 aromatic carbocycles. The van der Waals surface area contributed by atoms with Crippen LogP contribution in [0.2, 0.25) is 0 Å². The van der Waals surface area contributed by atoms with Crippen LogP contribution in [0, 0.1) is 23.2 Å². The highest BCUT2D eigenvalue weighted by atomic mass is 14.2. The zero-order valence-corrected chi connectivity index (χ0v) is 6.96. The Balaban J connectivity index is 2.87. The second kappa shape index (κ2) is 4.21. The Morgan fingerprint density at radius 1 is 1.25 bits per heavy atom. The van der Waals surface area contributed by atoms with Gasteiger partial charge in [0.15, 0.2) is 6.07 Å². The van der Waals surface area contributed by atoms with E-state index in [1.165, 1.54) is 5.56 Å². The molecule has 0 spiro atoms. The second-order valence-electron chi connectivity index (χ2n) is 2.41. The highest BCUT2D eigenvalue weighted by Gasteiger charge is 1.87. The van der Waals surface area contributed by atoms with Crippen LogP contribution in [0.25, 0.3) is 0 Å². The Kier molecular flexibility index (Phi) is 2.94. The molecule has 1 aromatic rings. The van der Waals surface area contributed by atoms with Crippen molar-refractivity contribution >= 4 is 0 Å². The number of nitrogens with zero attached hydrogens (tertiary/aromatic N) is 1. The lowest BCUT2D eigenvalue weighted by atomic mass is 10.1. The van der Waals surface area contributed by atoms with Gasteiger partial charge in [-0.15, -0.1) is 0 Å². The second-order valence-corrected chi connectivity index (χ2v) is 2.41. The Hall–Kier alpha value is -1.73. The van der Waals surface area contributed by atoms with E-state index in [-0.39, 0.29) is 0 Å². The summed E-state index contributed by atoms with van der Waals surface area (Å²) in [7, 11) is 0. The Labute approximate surface area is 72.6 Å². The summed E-state index contributed by atoms with van der Waals surface area (Å²) < 4.78 is 0. The first-order valence-electron chi connectivity index (χ1n) is 3.86. The minimum absolute atomic E-state index is 0.897. The number of rotatable bonds is 1. The van der Waals surface area contributed by atoms with Gasteiger partial charge < -0.3 is 0 Å². The quantitative estimate of drug-likeness (QED) is 0.570. The molecule has 0 radical (unpaired) electrons. The van der Waals surface area contributed by atoms with Gasteiger partial charge in [0.2, 0.25) is 0 Å². The fourth-order valence-corrected chi connectivity index (χ4v) is 0.924. The van der Waals surface area contributed by atoms with Crippen molar-refractivity contribution in [1.82, 2.24) is 0 Å². The van der Waals surface area contributed by atoms with E-state index in [0.29, 0.717) is 0 Å². The summed E-state index contributed by atoms with van der Waals surface area (Å²) in [6, 6.07) is 9.71. The molecule has 0 bridgehead atoms. The molecule has 1 heteroatoms. The van der Waals surface area contributed by atoms with Gasteiger partial charge in [0.1, 0.15) is 0 Å². The molecule has 1 nitrogen and oxygen atoms in total. The lowest BCUT2D eigenvalue weighted by molar-refractivity contribution is 1.14. The number of hydrogen-bond donors (Lipinski definition) is 0. The third kappa shape index (κ3) is 2.15. The first-order valence-corrected chi connectivity index (χ1v) is 3.86. The fourth-order valence-electron chi connectivity index (χ4n) is 0.924. The van der Waals surface area contributed by atoms with Crippen molar-refractivity contribution in [3.63, 3.8) is 0 Å². The van der Waals surface area contributed by atoms with Crippen LogP contribution >= 0.6 is 0 Å². The predicted molar refractivity (Wildman–Crippen MR) is 48.3 cm³/mol. The van der Waals surface area contributed by atoms with Gasteiger partial charge in [0, 0.05) is 11.5 Å². The zero-order chi connectivity index (χ0) is 8.81. The number of nitriles is 1. The van der Waals surface area contributed by atoms with E-state index in [9.17, 15) is 0 Å². The summed E-state index contributed by atoms with van der Waals surface area (Å²) in [6.45, 7) is 2.11.